The molecule has 2 aliphatic heterocycles. The lowest BCUT2D eigenvalue weighted by Crippen LogP contribution is -2.62. The van der Waals surface area contributed by atoms with E-state index in [0.717, 1.165) is 11.3 Å². The van der Waals surface area contributed by atoms with Crippen LogP contribution in [0.1, 0.15) is 39.1 Å². The fraction of sp³-hybridized carbons (Fsp3) is 0.300. The van der Waals surface area contributed by atoms with E-state index in [1.54, 1.807) is 4.90 Å². The Balaban J connectivity index is 1.49. The Morgan fingerprint density at radius 2 is 1.77 bits per heavy atom. The van der Waals surface area contributed by atoms with Crippen molar-refractivity contribution >= 4 is 17.5 Å². The number of likely N-dealkylation sites (tertiary alicyclic amines) is 1. The smallest absolute Gasteiger partial charge is 0.255 e. The van der Waals surface area contributed by atoms with Crippen LogP contribution in [0.4, 0.5) is 10.1 Å². The molecule has 1 saturated heterocycles. The fourth-order valence-corrected chi connectivity index (χ4v) is 3.76. The number of fused-ring (bicyclic) bond motifs is 1. The molecular weight excluding hydrogens is 333 g/mol. The molecule has 1 fully saturated rings. The van der Waals surface area contributed by atoms with Gasteiger partial charge in [0.2, 0.25) is 0 Å². The molecule has 4 rings (SSSR count). The minimum absolute atomic E-state index is 0.0739. The number of hydrogen-bond donors (Lipinski definition) is 2. The number of hydrogen-bond acceptors (Lipinski definition) is 3. The predicted molar refractivity (Wildman–Crippen MR) is 96.5 cm³/mol. The van der Waals surface area contributed by atoms with Gasteiger partial charge in [0.25, 0.3) is 11.8 Å². The summed E-state index contributed by atoms with van der Waals surface area (Å²) in [5, 5.41) is 6.57. The van der Waals surface area contributed by atoms with Crippen molar-refractivity contribution in [2.75, 3.05) is 18.4 Å². The van der Waals surface area contributed by atoms with Crippen LogP contribution in [0.5, 0.6) is 0 Å². The van der Waals surface area contributed by atoms with Crippen LogP contribution in [-0.4, -0.2) is 35.5 Å². The van der Waals surface area contributed by atoms with E-state index in [-0.39, 0.29) is 17.6 Å². The maximum atomic E-state index is 13.0. The van der Waals surface area contributed by atoms with Gasteiger partial charge in [-0.1, -0.05) is 12.1 Å². The zero-order chi connectivity index (χ0) is 18.3. The fourth-order valence-electron chi connectivity index (χ4n) is 3.76. The van der Waals surface area contributed by atoms with E-state index in [4.69, 9.17) is 0 Å². The molecule has 0 aliphatic carbocycles. The molecule has 1 spiro atoms. The van der Waals surface area contributed by atoms with Crippen molar-refractivity contribution in [3.63, 3.8) is 0 Å². The summed E-state index contributed by atoms with van der Waals surface area (Å²) in [6.45, 7) is 2.96. The van der Waals surface area contributed by atoms with Crippen LogP contribution in [0.15, 0.2) is 42.5 Å². The molecule has 2 heterocycles. The van der Waals surface area contributed by atoms with Crippen LogP contribution >= 0.6 is 0 Å². The molecule has 2 amide bonds. The largest absolute Gasteiger partial charge is 0.362 e. The van der Waals surface area contributed by atoms with Crippen molar-refractivity contribution in [3.8, 4) is 0 Å². The van der Waals surface area contributed by atoms with Crippen molar-refractivity contribution in [2.24, 2.45) is 0 Å². The van der Waals surface area contributed by atoms with Gasteiger partial charge in [-0.3, -0.25) is 9.59 Å². The van der Waals surface area contributed by atoms with E-state index in [0.29, 0.717) is 37.1 Å². The highest BCUT2D eigenvalue weighted by molar-refractivity contribution is 6.03. The molecule has 0 aromatic heterocycles. The SMILES string of the molecule is Cc1cccc2c1C(=O)NC1(CCN(C(=O)c3ccc(F)cc3)CC1)N2. The quantitative estimate of drug-likeness (QED) is 0.829. The molecule has 2 aliphatic rings. The standard InChI is InChI=1S/C20H20FN3O2/c1-13-3-2-4-16-17(13)18(25)23-20(22-16)9-11-24(12-10-20)19(26)14-5-7-15(21)8-6-14/h2-8,22H,9-12H2,1H3,(H,23,25). The summed E-state index contributed by atoms with van der Waals surface area (Å²) in [5.74, 6) is -0.546. The zero-order valence-corrected chi connectivity index (χ0v) is 14.5. The van der Waals surface area contributed by atoms with Crippen LogP contribution in [0, 0.1) is 12.7 Å². The summed E-state index contributed by atoms with van der Waals surface area (Å²) >= 11 is 0. The van der Waals surface area contributed by atoms with Gasteiger partial charge in [0.15, 0.2) is 0 Å². The molecule has 2 N–H and O–H groups in total. The van der Waals surface area contributed by atoms with Crippen LogP contribution in [0.3, 0.4) is 0 Å². The van der Waals surface area contributed by atoms with Crippen molar-refractivity contribution in [3.05, 3.63) is 65.0 Å². The first-order valence-electron chi connectivity index (χ1n) is 8.73. The first kappa shape index (κ1) is 16.6. The molecule has 0 atom stereocenters. The Morgan fingerprint density at radius 3 is 2.46 bits per heavy atom. The summed E-state index contributed by atoms with van der Waals surface area (Å²) < 4.78 is 13.0. The monoisotopic (exact) mass is 353 g/mol. The summed E-state index contributed by atoms with van der Waals surface area (Å²) in [7, 11) is 0. The first-order valence-corrected chi connectivity index (χ1v) is 8.73. The maximum absolute atomic E-state index is 13.0. The van der Waals surface area contributed by atoms with Crippen molar-refractivity contribution in [1.29, 1.82) is 0 Å². The highest BCUT2D eigenvalue weighted by atomic mass is 19.1. The molecule has 2 aromatic carbocycles. The number of anilines is 1. The molecule has 0 bridgehead atoms. The van der Waals surface area contributed by atoms with E-state index in [2.05, 4.69) is 10.6 Å². The van der Waals surface area contributed by atoms with Gasteiger partial charge < -0.3 is 15.5 Å². The van der Waals surface area contributed by atoms with E-state index in [1.165, 1.54) is 24.3 Å². The predicted octanol–water partition coefficient (Wildman–Crippen LogP) is 2.92. The number of halogens is 1. The minimum atomic E-state index is -0.530. The average Bonchev–Trinajstić information content (AvgIpc) is 2.62. The highest BCUT2D eigenvalue weighted by Gasteiger charge is 2.41. The lowest BCUT2D eigenvalue weighted by Gasteiger charge is -2.46. The number of piperidine rings is 1. The van der Waals surface area contributed by atoms with Crippen LogP contribution in [0.2, 0.25) is 0 Å². The molecule has 0 saturated carbocycles. The third kappa shape index (κ3) is 2.81. The van der Waals surface area contributed by atoms with Crippen LogP contribution < -0.4 is 10.6 Å². The van der Waals surface area contributed by atoms with Gasteiger partial charge in [-0.2, -0.15) is 0 Å². The average molecular weight is 353 g/mol. The molecule has 0 radical (unpaired) electrons. The number of aryl methyl sites for hydroxylation is 1. The molecular formula is C20H20FN3O2. The summed E-state index contributed by atoms with van der Waals surface area (Å²) in [4.78, 5) is 26.9. The zero-order valence-electron chi connectivity index (χ0n) is 14.5. The van der Waals surface area contributed by atoms with Gasteiger partial charge in [-0.25, -0.2) is 4.39 Å². The van der Waals surface area contributed by atoms with E-state index >= 15 is 0 Å². The van der Waals surface area contributed by atoms with Crippen molar-refractivity contribution in [1.82, 2.24) is 10.2 Å². The third-order valence-electron chi connectivity index (χ3n) is 5.22. The lowest BCUT2D eigenvalue weighted by molar-refractivity contribution is 0.0639. The molecule has 5 nitrogen and oxygen atoms in total. The maximum Gasteiger partial charge on any atom is 0.255 e. The second-order valence-electron chi connectivity index (χ2n) is 6.96. The number of carbonyl (C=O) groups is 2. The summed E-state index contributed by atoms with van der Waals surface area (Å²) in [5.41, 5.74) is 2.41. The lowest BCUT2D eigenvalue weighted by atomic mass is 9.91. The van der Waals surface area contributed by atoms with Crippen molar-refractivity contribution in [2.45, 2.75) is 25.4 Å². The topological polar surface area (TPSA) is 61.4 Å². The molecule has 6 heteroatoms. The molecule has 2 aromatic rings. The van der Waals surface area contributed by atoms with Crippen LogP contribution in [0.25, 0.3) is 0 Å². The minimum Gasteiger partial charge on any atom is -0.362 e. The normalized spacial score (nSPS) is 18.1. The molecule has 134 valence electrons. The Morgan fingerprint density at radius 1 is 1.08 bits per heavy atom. The Kier molecular flexibility index (Phi) is 3.90. The van der Waals surface area contributed by atoms with Crippen LogP contribution in [-0.2, 0) is 0 Å². The summed E-state index contributed by atoms with van der Waals surface area (Å²) in [6.07, 6.45) is 1.22. The Hall–Kier alpha value is -2.89. The van der Waals surface area contributed by atoms with E-state index < -0.39 is 5.66 Å². The number of nitrogens with one attached hydrogen (secondary N) is 2. The number of benzene rings is 2. The number of carbonyl (C=O) groups excluding carboxylic acids is 2. The van der Waals surface area contributed by atoms with Gasteiger partial charge in [0.05, 0.1) is 5.56 Å². The van der Waals surface area contributed by atoms with Gasteiger partial charge in [0, 0.05) is 37.2 Å². The van der Waals surface area contributed by atoms with Gasteiger partial charge in [-0.15, -0.1) is 0 Å². The van der Waals surface area contributed by atoms with Gasteiger partial charge in [-0.05, 0) is 42.8 Å². The number of rotatable bonds is 1. The second-order valence-corrected chi connectivity index (χ2v) is 6.96. The molecule has 0 unspecified atom stereocenters. The second kappa shape index (κ2) is 6.12. The summed E-state index contributed by atoms with van der Waals surface area (Å²) in [6, 6.07) is 11.4. The Labute approximate surface area is 151 Å². The van der Waals surface area contributed by atoms with E-state index in [9.17, 15) is 14.0 Å². The third-order valence-corrected chi connectivity index (χ3v) is 5.22. The number of amides is 2. The van der Waals surface area contributed by atoms with E-state index in [1.807, 2.05) is 25.1 Å². The first-order chi connectivity index (χ1) is 12.5. The van der Waals surface area contributed by atoms with Crippen molar-refractivity contribution < 1.29 is 14.0 Å². The molecule has 26 heavy (non-hydrogen) atoms. The highest BCUT2D eigenvalue weighted by Crippen LogP contribution is 2.33. The van der Waals surface area contributed by atoms with Gasteiger partial charge in [0.1, 0.15) is 11.5 Å². The Bertz CT molecular complexity index is 871. The number of nitrogens with zero attached hydrogens (tertiary/aromatic N) is 1. The van der Waals surface area contributed by atoms with Gasteiger partial charge >= 0.3 is 0 Å².